The van der Waals surface area contributed by atoms with E-state index in [2.05, 4.69) is 15.0 Å². The van der Waals surface area contributed by atoms with Crippen LogP contribution in [0.3, 0.4) is 0 Å². The number of hydrogen-bond donors (Lipinski definition) is 2. The molecule has 0 aliphatic rings. The number of rotatable bonds is 7. The Morgan fingerprint density at radius 1 is 1.09 bits per heavy atom. The number of benzene rings is 2. The van der Waals surface area contributed by atoms with Gasteiger partial charge in [-0.05, 0) is 48.5 Å². The molecule has 0 saturated carbocycles. The molecule has 0 radical (unpaired) electrons. The van der Waals surface area contributed by atoms with Crippen molar-refractivity contribution in [2.45, 2.75) is 4.90 Å². The maximum atomic E-state index is 13.8. The van der Waals surface area contributed by atoms with E-state index in [9.17, 15) is 27.7 Å². The summed E-state index contributed by atoms with van der Waals surface area (Å²) >= 11 is 1.94. The van der Waals surface area contributed by atoms with Crippen molar-refractivity contribution in [2.24, 2.45) is 0 Å². The number of para-hydroxylation sites is 1. The highest BCUT2D eigenvalue weighted by molar-refractivity contribution is 7.93. The minimum atomic E-state index is -3.97. The fourth-order valence-electron chi connectivity index (χ4n) is 2.72. The molecule has 2 aromatic heterocycles. The lowest BCUT2D eigenvalue weighted by molar-refractivity contribution is -0.380. The monoisotopic (exact) mass is 504 g/mol. The zero-order valence-electron chi connectivity index (χ0n) is 16.4. The molecule has 2 heterocycles. The van der Waals surface area contributed by atoms with Crippen molar-refractivity contribution in [2.75, 3.05) is 10.0 Å². The highest BCUT2D eigenvalue weighted by Crippen LogP contribution is 2.29. The van der Waals surface area contributed by atoms with Crippen molar-refractivity contribution >= 4 is 70.7 Å². The number of thiazole rings is 1. The summed E-state index contributed by atoms with van der Waals surface area (Å²) in [6.07, 6.45) is 2.66. The Kier molecular flexibility index (Phi) is 6.18. The first kappa shape index (κ1) is 22.5. The summed E-state index contributed by atoms with van der Waals surface area (Å²) in [5, 5.41) is 13.3. The summed E-state index contributed by atoms with van der Waals surface area (Å²) < 4.78 is 41.9. The molecular weight excluding hydrogens is 491 g/mol. The fourth-order valence-corrected chi connectivity index (χ4v) is 5.56. The molecule has 168 valence electrons. The van der Waals surface area contributed by atoms with Gasteiger partial charge in [-0.25, -0.2) is 17.8 Å². The number of sulfonamides is 1. The molecular formula is C20H13FN4O5S3. The molecule has 0 atom stereocenters. The second kappa shape index (κ2) is 9.05. The molecule has 4 aromatic rings. The van der Waals surface area contributed by atoms with E-state index < -0.39 is 26.7 Å². The van der Waals surface area contributed by atoms with E-state index >= 15 is 0 Å². The minimum absolute atomic E-state index is 0.0311. The van der Waals surface area contributed by atoms with Crippen LogP contribution in [0.4, 0.5) is 20.2 Å². The molecule has 0 aliphatic carbocycles. The van der Waals surface area contributed by atoms with Gasteiger partial charge in [0.15, 0.2) is 5.13 Å². The van der Waals surface area contributed by atoms with Crippen LogP contribution >= 0.6 is 22.7 Å². The van der Waals surface area contributed by atoms with Crippen LogP contribution in [0, 0.1) is 15.9 Å². The highest BCUT2D eigenvalue weighted by atomic mass is 32.2. The van der Waals surface area contributed by atoms with Gasteiger partial charge in [-0.2, -0.15) is 0 Å². The third kappa shape index (κ3) is 5.22. The van der Waals surface area contributed by atoms with Crippen LogP contribution in [0.15, 0.2) is 65.6 Å². The van der Waals surface area contributed by atoms with E-state index in [1.807, 2.05) is 0 Å². The van der Waals surface area contributed by atoms with Crippen molar-refractivity contribution in [3.8, 4) is 0 Å². The summed E-state index contributed by atoms with van der Waals surface area (Å²) in [5.41, 5.74) is 0.436. The summed E-state index contributed by atoms with van der Waals surface area (Å²) in [4.78, 5) is 26.7. The molecule has 0 fully saturated rings. The van der Waals surface area contributed by atoms with Gasteiger partial charge in [0.1, 0.15) is 11.3 Å². The minimum Gasteiger partial charge on any atom is -0.323 e. The molecule has 0 spiro atoms. The normalized spacial score (nSPS) is 11.7. The van der Waals surface area contributed by atoms with Gasteiger partial charge in [-0.1, -0.05) is 28.7 Å². The Morgan fingerprint density at radius 2 is 1.85 bits per heavy atom. The number of fused-ring (bicyclic) bond motifs is 1. The number of halogens is 1. The molecule has 4 rings (SSSR count). The lowest BCUT2D eigenvalue weighted by atomic mass is 10.3. The first-order valence-corrected chi connectivity index (χ1v) is 12.2. The second-order valence-electron chi connectivity index (χ2n) is 6.49. The molecule has 0 saturated heterocycles. The van der Waals surface area contributed by atoms with Crippen LogP contribution < -0.4 is 10.0 Å². The molecule has 0 aliphatic heterocycles. The number of thiophene rings is 1. The molecule has 2 aromatic carbocycles. The number of anilines is 2. The zero-order chi connectivity index (χ0) is 23.6. The first-order chi connectivity index (χ1) is 15.7. The van der Waals surface area contributed by atoms with Gasteiger partial charge >= 0.3 is 5.00 Å². The zero-order valence-corrected chi connectivity index (χ0v) is 18.8. The Morgan fingerprint density at radius 3 is 2.52 bits per heavy atom. The summed E-state index contributed by atoms with van der Waals surface area (Å²) in [6.45, 7) is 0. The number of hydrogen-bond acceptors (Lipinski definition) is 8. The topological polar surface area (TPSA) is 131 Å². The van der Waals surface area contributed by atoms with Gasteiger partial charge in [-0.15, -0.1) is 0 Å². The number of nitro groups is 1. The SMILES string of the molecule is O=C(/C=C/c1ccc([N+](=O)[O-])s1)Nc1ccc(S(=O)(=O)Nc2nc3c(F)cccc3s2)cc1. The molecule has 9 nitrogen and oxygen atoms in total. The van der Waals surface area contributed by atoms with Crippen LogP contribution in [-0.2, 0) is 14.8 Å². The average Bonchev–Trinajstić information content (AvgIpc) is 3.40. The molecule has 0 bridgehead atoms. The van der Waals surface area contributed by atoms with Crippen molar-refractivity contribution in [3.05, 3.63) is 81.5 Å². The van der Waals surface area contributed by atoms with Gasteiger partial charge in [0, 0.05) is 22.7 Å². The first-order valence-electron chi connectivity index (χ1n) is 9.12. The molecule has 33 heavy (non-hydrogen) atoms. The largest absolute Gasteiger partial charge is 0.324 e. The number of carbonyl (C=O) groups is 1. The number of aromatic nitrogens is 1. The van der Waals surface area contributed by atoms with Gasteiger partial charge < -0.3 is 5.32 Å². The maximum absolute atomic E-state index is 13.8. The smallest absolute Gasteiger partial charge is 0.323 e. The van der Waals surface area contributed by atoms with E-state index in [-0.39, 0.29) is 20.5 Å². The van der Waals surface area contributed by atoms with Gasteiger partial charge in [0.05, 0.1) is 14.5 Å². The van der Waals surface area contributed by atoms with Crippen molar-refractivity contribution in [3.63, 3.8) is 0 Å². The summed E-state index contributed by atoms with van der Waals surface area (Å²) in [6, 6.07) is 12.7. The maximum Gasteiger partial charge on any atom is 0.324 e. The van der Waals surface area contributed by atoms with E-state index in [0.29, 0.717) is 15.3 Å². The number of nitrogens with zero attached hydrogens (tertiary/aromatic N) is 2. The van der Waals surface area contributed by atoms with Gasteiger partial charge in [0.2, 0.25) is 5.91 Å². The lowest BCUT2D eigenvalue weighted by Gasteiger charge is -2.07. The van der Waals surface area contributed by atoms with Crippen LogP contribution in [0.25, 0.3) is 16.3 Å². The lowest BCUT2D eigenvalue weighted by Crippen LogP contribution is -2.13. The van der Waals surface area contributed by atoms with E-state index in [1.54, 1.807) is 6.07 Å². The number of nitrogens with one attached hydrogen (secondary N) is 2. The molecule has 13 heteroatoms. The number of carbonyl (C=O) groups excluding carboxylic acids is 1. The Balaban J connectivity index is 1.42. The number of amides is 1. The van der Waals surface area contributed by atoms with Gasteiger partial charge in [0.25, 0.3) is 10.0 Å². The van der Waals surface area contributed by atoms with Crippen LogP contribution in [0.2, 0.25) is 0 Å². The van der Waals surface area contributed by atoms with Crippen molar-refractivity contribution < 1.29 is 22.5 Å². The van der Waals surface area contributed by atoms with E-state index in [0.717, 1.165) is 22.7 Å². The average molecular weight is 505 g/mol. The third-order valence-electron chi connectivity index (χ3n) is 4.22. The molecule has 0 unspecified atom stereocenters. The van der Waals surface area contributed by atoms with E-state index in [1.165, 1.54) is 60.7 Å². The fraction of sp³-hybridized carbons (Fsp3) is 0. The standard InChI is InChI=1S/C20H13FN4O5S3/c21-15-2-1-3-16-19(15)23-20(32-16)24-33(29,30)14-8-4-12(5-9-14)22-17(26)10-6-13-7-11-18(31-13)25(27)28/h1-11H,(H,22,26)(H,23,24)/b10-6+. The third-order valence-corrected chi connectivity index (χ3v) is 7.64. The van der Waals surface area contributed by atoms with Crippen LogP contribution in [0.5, 0.6) is 0 Å². The summed E-state index contributed by atoms with van der Waals surface area (Å²) in [5.74, 6) is -1.03. The van der Waals surface area contributed by atoms with Crippen LogP contribution in [-0.4, -0.2) is 24.2 Å². The quantitative estimate of drug-likeness (QED) is 0.210. The predicted molar refractivity (Wildman–Crippen MR) is 125 cm³/mol. The molecule has 1 amide bonds. The van der Waals surface area contributed by atoms with Crippen LogP contribution in [0.1, 0.15) is 4.88 Å². The van der Waals surface area contributed by atoms with Crippen molar-refractivity contribution in [1.29, 1.82) is 0 Å². The van der Waals surface area contributed by atoms with E-state index in [4.69, 9.17) is 0 Å². The van der Waals surface area contributed by atoms with Gasteiger partial charge in [-0.3, -0.25) is 19.6 Å². The summed E-state index contributed by atoms with van der Waals surface area (Å²) in [7, 11) is -3.97. The second-order valence-corrected chi connectivity index (χ2v) is 10.3. The van der Waals surface area contributed by atoms with Crippen molar-refractivity contribution in [1.82, 2.24) is 4.98 Å². The Labute approximate surface area is 194 Å². The Bertz CT molecular complexity index is 1490. The molecule has 2 N–H and O–H groups in total. The predicted octanol–water partition coefficient (Wildman–Crippen LogP) is 4.86. The Hall–Kier alpha value is -3.68. The highest BCUT2D eigenvalue weighted by Gasteiger charge is 2.17.